The van der Waals surface area contributed by atoms with Crippen LogP contribution in [0.15, 0.2) is 89.8 Å². The summed E-state index contributed by atoms with van der Waals surface area (Å²) in [6.07, 6.45) is 8.52. The van der Waals surface area contributed by atoms with Crippen molar-refractivity contribution in [2.75, 3.05) is 6.26 Å². The Hall–Kier alpha value is -3.68. The normalized spacial score (nSPS) is 10.9. The smallest absolute Gasteiger partial charge is 0.185 e. The third-order valence-electron chi connectivity index (χ3n) is 4.46. The number of allylic oxidation sites excluding steroid dienone is 2. The molecule has 0 aliphatic heterocycles. The van der Waals surface area contributed by atoms with E-state index < -0.39 is 0 Å². The molecule has 0 spiro atoms. The summed E-state index contributed by atoms with van der Waals surface area (Å²) in [5, 5.41) is 8.82. The summed E-state index contributed by atoms with van der Waals surface area (Å²) in [5.74, 6) is -0.265. The monoisotopic (exact) mass is 409 g/mol. The van der Waals surface area contributed by atoms with Crippen LogP contribution in [0.2, 0.25) is 0 Å². The van der Waals surface area contributed by atoms with E-state index >= 15 is 0 Å². The number of thioether (sulfide) groups is 1. The molecule has 0 N–H and O–H groups in total. The van der Waals surface area contributed by atoms with Crippen molar-refractivity contribution in [3.05, 3.63) is 113 Å². The number of rotatable bonds is 7. The summed E-state index contributed by atoms with van der Waals surface area (Å²) in [4.78, 5) is 25.9. The maximum Gasteiger partial charge on any atom is 0.185 e. The zero-order chi connectivity index (χ0) is 21.3. The minimum Gasteiger partial charge on any atom is -0.289 e. The first-order valence-corrected chi connectivity index (χ1v) is 10.5. The van der Waals surface area contributed by atoms with E-state index in [1.807, 2.05) is 30.5 Å². The Balaban J connectivity index is 1.63. The lowest BCUT2D eigenvalue weighted by molar-refractivity contribution is 0.103. The van der Waals surface area contributed by atoms with E-state index in [9.17, 15) is 9.59 Å². The second-order valence-corrected chi connectivity index (χ2v) is 7.36. The van der Waals surface area contributed by atoms with Gasteiger partial charge in [-0.1, -0.05) is 60.7 Å². The van der Waals surface area contributed by atoms with E-state index in [2.05, 4.69) is 6.07 Å². The molecule has 3 aromatic rings. The van der Waals surface area contributed by atoms with Crippen LogP contribution < -0.4 is 0 Å². The first-order valence-electron chi connectivity index (χ1n) is 9.28. The van der Waals surface area contributed by atoms with Crippen LogP contribution in [0.3, 0.4) is 0 Å². The third kappa shape index (κ3) is 5.66. The van der Waals surface area contributed by atoms with E-state index in [0.29, 0.717) is 16.7 Å². The van der Waals surface area contributed by atoms with Crippen molar-refractivity contribution in [3.8, 4) is 6.07 Å². The van der Waals surface area contributed by atoms with Crippen molar-refractivity contribution in [3.63, 3.8) is 0 Å². The van der Waals surface area contributed by atoms with Gasteiger partial charge in [0.2, 0.25) is 0 Å². The number of nitrogens with zero attached hydrogens (tertiary/aromatic N) is 1. The fourth-order valence-corrected chi connectivity index (χ4v) is 3.13. The molecule has 0 aliphatic carbocycles. The zero-order valence-electron chi connectivity index (χ0n) is 16.4. The molecule has 0 saturated heterocycles. The van der Waals surface area contributed by atoms with Gasteiger partial charge in [0.15, 0.2) is 11.6 Å². The van der Waals surface area contributed by atoms with Crippen molar-refractivity contribution < 1.29 is 9.59 Å². The van der Waals surface area contributed by atoms with Gasteiger partial charge in [0, 0.05) is 16.0 Å². The SMILES string of the molecule is CSc1ccc(/C=C/C(=O)c2ccc(C(=O)/C=C/c3ccc(C#N)cc3)cc2)cc1. The largest absolute Gasteiger partial charge is 0.289 e. The Labute approximate surface area is 180 Å². The lowest BCUT2D eigenvalue weighted by Gasteiger charge is -2.00. The fraction of sp³-hybridized carbons (Fsp3) is 0.0385. The predicted octanol–water partition coefficient (Wildman–Crippen LogP) is 6.07. The van der Waals surface area contributed by atoms with Crippen molar-refractivity contribution in [1.82, 2.24) is 0 Å². The highest BCUT2D eigenvalue weighted by molar-refractivity contribution is 7.98. The van der Waals surface area contributed by atoms with Crippen molar-refractivity contribution in [1.29, 1.82) is 5.26 Å². The van der Waals surface area contributed by atoms with Gasteiger partial charge in [-0.15, -0.1) is 11.8 Å². The van der Waals surface area contributed by atoms with E-state index in [-0.39, 0.29) is 11.6 Å². The summed E-state index contributed by atoms with van der Waals surface area (Å²) in [6, 6.07) is 23.6. The molecule has 0 fully saturated rings. The lowest BCUT2D eigenvalue weighted by Crippen LogP contribution is -1.98. The van der Waals surface area contributed by atoms with Crippen LogP contribution >= 0.6 is 11.8 Å². The molecule has 146 valence electrons. The molecule has 0 saturated carbocycles. The third-order valence-corrected chi connectivity index (χ3v) is 5.21. The minimum absolute atomic E-state index is 0.115. The van der Waals surface area contributed by atoms with Crippen LogP contribution in [-0.2, 0) is 0 Å². The molecular formula is C26H19NO2S. The average molecular weight is 410 g/mol. The Kier molecular flexibility index (Phi) is 7.15. The maximum absolute atomic E-state index is 12.4. The number of carbonyl (C=O) groups is 2. The molecule has 0 unspecified atom stereocenters. The molecule has 30 heavy (non-hydrogen) atoms. The zero-order valence-corrected chi connectivity index (χ0v) is 17.2. The van der Waals surface area contributed by atoms with E-state index in [4.69, 9.17) is 5.26 Å². The van der Waals surface area contributed by atoms with Gasteiger partial charge in [0.25, 0.3) is 0 Å². The number of hydrogen-bond acceptors (Lipinski definition) is 4. The number of ketones is 2. The summed E-state index contributed by atoms with van der Waals surface area (Å²) in [7, 11) is 0. The van der Waals surface area contributed by atoms with Gasteiger partial charge < -0.3 is 0 Å². The Morgan fingerprint density at radius 1 is 0.733 bits per heavy atom. The quantitative estimate of drug-likeness (QED) is 0.270. The molecule has 0 aromatic heterocycles. The maximum atomic E-state index is 12.4. The summed E-state index contributed by atoms with van der Waals surface area (Å²) in [5.41, 5.74) is 3.41. The first-order chi connectivity index (χ1) is 14.6. The summed E-state index contributed by atoms with van der Waals surface area (Å²) in [6.45, 7) is 0. The summed E-state index contributed by atoms with van der Waals surface area (Å²) >= 11 is 1.67. The Morgan fingerprint density at radius 2 is 1.17 bits per heavy atom. The molecular weight excluding hydrogens is 390 g/mol. The number of carbonyl (C=O) groups excluding carboxylic acids is 2. The predicted molar refractivity (Wildman–Crippen MR) is 123 cm³/mol. The number of hydrogen-bond donors (Lipinski definition) is 0. The fourth-order valence-electron chi connectivity index (χ4n) is 2.72. The van der Waals surface area contributed by atoms with Crippen LogP contribution in [0.1, 0.15) is 37.4 Å². The van der Waals surface area contributed by atoms with Crippen LogP contribution in [0, 0.1) is 11.3 Å². The highest BCUT2D eigenvalue weighted by Crippen LogP contribution is 2.16. The van der Waals surface area contributed by atoms with Crippen LogP contribution in [-0.4, -0.2) is 17.8 Å². The second-order valence-electron chi connectivity index (χ2n) is 6.48. The standard InChI is InChI=1S/C26H19NO2S/c1-30-24-14-6-20(7-15-24)9-17-26(29)23-12-10-22(11-13-23)25(28)16-8-19-2-4-21(18-27)5-3-19/h2-17H,1H3/b16-8+,17-9+. The molecule has 0 atom stereocenters. The van der Waals surface area contributed by atoms with E-state index in [1.54, 1.807) is 72.4 Å². The van der Waals surface area contributed by atoms with Crippen LogP contribution in [0.4, 0.5) is 0 Å². The molecule has 0 amide bonds. The van der Waals surface area contributed by atoms with Crippen LogP contribution in [0.5, 0.6) is 0 Å². The lowest BCUT2D eigenvalue weighted by atomic mass is 10.0. The van der Waals surface area contributed by atoms with E-state index in [1.165, 1.54) is 17.0 Å². The highest BCUT2D eigenvalue weighted by Gasteiger charge is 2.05. The minimum atomic E-state index is -0.150. The molecule has 3 aromatic carbocycles. The van der Waals surface area contributed by atoms with Crippen molar-refractivity contribution >= 4 is 35.5 Å². The first kappa shape index (κ1) is 21.0. The average Bonchev–Trinajstić information content (AvgIpc) is 2.81. The number of benzene rings is 3. The second kappa shape index (κ2) is 10.2. The van der Waals surface area contributed by atoms with Gasteiger partial charge in [0.1, 0.15) is 0 Å². The molecule has 3 nitrogen and oxygen atoms in total. The van der Waals surface area contributed by atoms with Crippen molar-refractivity contribution in [2.24, 2.45) is 0 Å². The molecule has 3 rings (SSSR count). The highest BCUT2D eigenvalue weighted by atomic mass is 32.2. The Bertz CT molecular complexity index is 1130. The molecule has 0 radical (unpaired) electrons. The van der Waals surface area contributed by atoms with Gasteiger partial charge in [-0.3, -0.25) is 9.59 Å². The van der Waals surface area contributed by atoms with Crippen molar-refractivity contribution in [2.45, 2.75) is 4.90 Å². The van der Waals surface area contributed by atoms with Crippen LogP contribution in [0.25, 0.3) is 12.2 Å². The van der Waals surface area contributed by atoms with E-state index in [0.717, 1.165) is 11.1 Å². The number of nitriles is 1. The van der Waals surface area contributed by atoms with Gasteiger partial charge in [-0.2, -0.15) is 5.26 Å². The van der Waals surface area contributed by atoms with Gasteiger partial charge in [-0.25, -0.2) is 0 Å². The molecule has 0 aliphatic rings. The van der Waals surface area contributed by atoms with Gasteiger partial charge in [0.05, 0.1) is 11.6 Å². The molecule has 0 bridgehead atoms. The molecule has 4 heteroatoms. The topological polar surface area (TPSA) is 57.9 Å². The van der Waals surface area contributed by atoms with Gasteiger partial charge >= 0.3 is 0 Å². The molecule has 0 heterocycles. The Morgan fingerprint density at radius 3 is 1.57 bits per heavy atom. The summed E-state index contributed by atoms with van der Waals surface area (Å²) < 4.78 is 0. The van der Waals surface area contributed by atoms with Gasteiger partial charge in [-0.05, 0) is 53.8 Å².